The van der Waals surface area contributed by atoms with Gasteiger partial charge in [0.25, 0.3) is 0 Å². The maximum Gasteiger partial charge on any atom is 0.0384 e. The molecular formula is C13H19ClS. The molecule has 1 unspecified atom stereocenters. The second-order valence-electron chi connectivity index (χ2n) is 4.61. The predicted octanol–water partition coefficient (Wildman–Crippen LogP) is 4.87. The van der Waals surface area contributed by atoms with Crippen LogP contribution in [-0.4, -0.2) is 5.38 Å². The number of thiophene rings is 1. The number of hydrogen-bond donors (Lipinski definition) is 0. The summed E-state index contributed by atoms with van der Waals surface area (Å²) >= 11 is 8.18. The molecule has 1 aliphatic rings. The van der Waals surface area contributed by atoms with Gasteiger partial charge in [0, 0.05) is 10.3 Å². The van der Waals surface area contributed by atoms with E-state index in [2.05, 4.69) is 17.5 Å². The van der Waals surface area contributed by atoms with E-state index < -0.39 is 0 Å². The highest BCUT2D eigenvalue weighted by Crippen LogP contribution is 2.30. The molecule has 2 heteroatoms. The Morgan fingerprint density at radius 2 is 2.20 bits per heavy atom. The first kappa shape index (κ1) is 11.5. The molecule has 0 nitrogen and oxygen atoms in total. The van der Waals surface area contributed by atoms with Gasteiger partial charge in [0.1, 0.15) is 0 Å². The van der Waals surface area contributed by atoms with E-state index in [-0.39, 0.29) is 0 Å². The highest BCUT2D eigenvalue weighted by molar-refractivity contribution is 7.09. The van der Waals surface area contributed by atoms with Gasteiger partial charge in [-0.3, -0.25) is 0 Å². The minimum absolute atomic E-state index is 0.351. The normalized spacial score (nSPS) is 19.5. The molecule has 84 valence electrons. The fourth-order valence-electron chi connectivity index (χ4n) is 2.46. The summed E-state index contributed by atoms with van der Waals surface area (Å²) in [6.07, 6.45) is 9.39. The van der Waals surface area contributed by atoms with Crippen molar-refractivity contribution < 1.29 is 0 Å². The third-order valence-electron chi connectivity index (χ3n) is 3.37. The largest absolute Gasteiger partial charge is 0.149 e. The monoisotopic (exact) mass is 242 g/mol. The van der Waals surface area contributed by atoms with E-state index in [1.54, 1.807) is 0 Å². The molecule has 15 heavy (non-hydrogen) atoms. The smallest absolute Gasteiger partial charge is 0.0384 e. The summed E-state index contributed by atoms with van der Waals surface area (Å²) < 4.78 is 0. The summed E-state index contributed by atoms with van der Waals surface area (Å²) in [4.78, 5) is 1.43. The lowest BCUT2D eigenvalue weighted by molar-refractivity contribution is 0.476. The molecule has 0 amide bonds. The standard InChI is InChI=1S/C13H19ClS/c14-12(10-13-6-3-9-15-13)8-7-11-4-1-2-5-11/h3,6,9,11-12H,1-2,4-5,7-8,10H2. The van der Waals surface area contributed by atoms with Crippen molar-refractivity contribution in [2.45, 2.75) is 50.3 Å². The second-order valence-corrected chi connectivity index (χ2v) is 6.26. The molecule has 1 saturated carbocycles. The number of alkyl halides is 1. The maximum absolute atomic E-state index is 6.36. The van der Waals surface area contributed by atoms with Gasteiger partial charge in [0.15, 0.2) is 0 Å². The fraction of sp³-hybridized carbons (Fsp3) is 0.692. The molecule has 0 radical (unpaired) electrons. The van der Waals surface area contributed by atoms with Gasteiger partial charge in [-0.05, 0) is 36.6 Å². The van der Waals surface area contributed by atoms with Gasteiger partial charge in [0.05, 0.1) is 0 Å². The molecule has 0 spiro atoms. The third-order valence-corrected chi connectivity index (χ3v) is 4.64. The average Bonchev–Trinajstić information content (AvgIpc) is 2.86. The van der Waals surface area contributed by atoms with Crippen molar-refractivity contribution >= 4 is 22.9 Å². The lowest BCUT2D eigenvalue weighted by Gasteiger charge is -2.12. The van der Waals surface area contributed by atoms with Crippen LogP contribution in [-0.2, 0) is 6.42 Å². The van der Waals surface area contributed by atoms with E-state index >= 15 is 0 Å². The summed E-state index contributed by atoms with van der Waals surface area (Å²) in [5.41, 5.74) is 0. The number of rotatable bonds is 5. The Hall–Kier alpha value is -0.0100. The Labute approximate surface area is 102 Å². The first-order chi connectivity index (χ1) is 7.34. The minimum atomic E-state index is 0.351. The zero-order valence-corrected chi connectivity index (χ0v) is 10.7. The highest BCUT2D eigenvalue weighted by Gasteiger charge is 2.16. The fourth-order valence-corrected chi connectivity index (χ4v) is 3.63. The van der Waals surface area contributed by atoms with Crippen LogP contribution < -0.4 is 0 Å². The molecule has 0 aromatic carbocycles. The van der Waals surface area contributed by atoms with Gasteiger partial charge >= 0.3 is 0 Å². The van der Waals surface area contributed by atoms with E-state index in [0.29, 0.717) is 5.38 Å². The van der Waals surface area contributed by atoms with Crippen LogP contribution in [0.25, 0.3) is 0 Å². The van der Waals surface area contributed by atoms with Crippen molar-refractivity contribution in [1.82, 2.24) is 0 Å². The summed E-state index contributed by atoms with van der Waals surface area (Å²) in [6.45, 7) is 0. The van der Waals surface area contributed by atoms with E-state index in [1.807, 2.05) is 11.3 Å². The van der Waals surface area contributed by atoms with Crippen molar-refractivity contribution in [3.63, 3.8) is 0 Å². The van der Waals surface area contributed by atoms with Gasteiger partial charge in [0.2, 0.25) is 0 Å². The lowest BCUT2D eigenvalue weighted by atomic mass is 9.99. The van der Waals surface area contributed by atoms with Crippen molar-refractivity contribution in [2.75, 3.05) is 0 Å². The van der Waals surface area contributed by atoms with Crippen molar-refractivity contribution in [1.29, 1.82) is 0 Å². The third kappa shape index (κ3) is 3.81. The molecule has 0 saturated heterocycles. The molecular weight excluding hydrogens is 224 g/mol. The number of halogens is 1. The Morgan fingerprint density at radius 3 is 2.87 bits per heavy atom. The van der Waals surface area contributed by atoms with Gasteiger partial charge in [-0.15, -0.1) is 22.9 Å². The van der Waals surface area contributed by atoms with Crippen LogP contribution in [0.15, 0.2) is 17.5 Å². The van der Waals surface area contributed by atoms with Crippen LogP contribution in [0.2, 0.25) is 0 Å². The zero-order chi connectivity index (χ0) is 10.5. The SMILES string of the molecule is ClC(CCC1CCCC1)Cc1cccs1. The van der Waals surface area contributed by atoms with Crippen LogP contribution in [0.4, 0.5) is 0 Å². The second kappa shape index (κ2) is 5.91. The zero-order valence-electron chi connectivity index (χ0n) is 9.12. The molecule has 1 heterocycles. The summed E-state index contributed by atoms with van der Waals surface area (Å²) in [5, 5.41) is 2.49. The molecule has 1 fully saturated rings. The van der Waals surface area contributed by atoms with E-state index in [0.717, 1.165) is 12.3 Å². The first-order valence-corrected chi connectivity index (χ1v) is 7.32. The van der Waals surface area contributed by atoms with Crippen LogP contribution in [0.5, 0.6) is 0 Å². The lowest BCUT2D eigenvalue weighted by Crippen LogP contribution is -2.05. The summed E-state index contributed by atoms with van der Waals surface area (Å²) in [5.74, 6) is 0.981. The van der Waals surface area contributed by atoms with Crippen molar-refractivity contribution in [3.05, 3.63) is 22.4 Å². The quantitative estimate of drug-likeness (QED) is 0.647. The molecule has 0 N–H and O–H groups in total. The molecule has 1 aliphatic carbocycles. The van der Waals surface area contributed by atoms with Crippen molar-refractivity contribution in [2.24, 2.45) is 5.92 Å². The number of hydrogen-bond acceptors (Lipinski definition) is 1. The van der Waals surface area contributed by atoms with E-state index in [9.17, 15) is 0 Å². The summed E-state index contributed by atoms with van der Waals surface area (Å²) in [6, 6.07) is 4.30. The van der Waals surface area contributed by atoms with Gasteiger partial charge in [-0.1, -0.05) is 31.7 Å². The Balaban J connectivity index is 1.66. The Bertz CT molecular complexity index is 262. The Kier molecular flexibility index (Phi) is 4.52. The average molecular weight is 243 g/mol. The van der Waals surface area contributed by atoms with Crippen molar-refractivity contribution in [3.8, 4) is 0 Å². The molecule has 0 bridgehead atoms. The first-order valence-electron chi connectivity index (χ1n) is 6.01. The molecule has 1 aromatic heterocycles. The van der Waals surface area contributed by atoms with Crippen LogP contribution in [0.1, 0.15) is 43.4 Å². The topological polar surface area (TPSA) is 0 Å². The van der Waals surface area contributed by atoms with Crippen LogP contribution >= 0.6 is 22.9 Å². The van der Waals surface area contributed by atoms with Gasteiger partial charge in [-0.25, -0.2) is 0 Å². The maximum atomic E-state index is 6.36. The molecule has 1 aromatic rings. The highest BCUT2D eigenvalue weighted by atomic mass is 35.5. The van der Waals surface area contributed by atoms with Gasteiger partial charge < -0.3 is 0 Å². The van der Waals surface area contributed by atoms with E-state index in [4.69, 9.17) is 11.6 Å². The molecule has 2 rings (SSSR count). The van der Waals surface area contributed by atoms with E-state index in [1.165, 1.54) is 43.4 Å². The molecule has 1 atom stereocenters. The van der Waals surface area contributed by atoms with Gasteiger partial charge in [-0.2, -0.15) is 0 Å². The van der Waals surface area contributed by atoms with Crippen LogP contribution in [0.3, 0.4) is 0 Å². The minimum Gasteiger partial charge on any atom is -0.149 e. The summed E-state index contributed by atoms with van der Waals surface area (Å²) in [7, 11) is 0. The van der Waals surface area contributed by atoms with Crippen LogP contribution in [0, 0.1) is 5.92 Å². The molecule has 0 aliphatic heterocycles. The Morgan fingerprint density at radius 1 is 1.40 bits per heavy atom. The predicted molar refractivity (Wildman–Crippen MR) is 68.9 cm³/mol.